The molecule has 0 spiro atoms. The van der Waals surface area contributed by atoms with Crippen LogP contribution in [0.15, 0.2) is 446 Å². The minimum absolute atomic E-state index is 1.00. The second-order valence-corrected chi connectivity index (χ2v) is 30.3. The van der Waals surface area contributed by atoms with Crippen molar-refractivity contribution in [3.05, 3.63) is 446 Å². The average molecular weight is 1550 g/mol. The highest BCUT2D eigenvalue weighted by Gasteiger charge is 2.36. The lowest BCUT2D eigenvalue weighted by molar-refractivity contribution is 1.53. The van der Waals surface area contributed by atoms with E-state index in [2.05, 4.69) is 469 Å². The van der Waals surface area contributed by atoms with E-state index in [-0.39, 0.29) is 0 Å². The van der Waals surface area contributed by atoms with E-state index in [1.165, 1.54) is 0 Å². The number of benzene rings is 19. The predicted molar refractivity (Wildman–Crippen MR) is 484 cm³/mol. The summed E-state index contributed by atoms with van der Waals surface area (Å²) in [5.41, 5.74) is 35.7. The Bertz CT molecular complexity index is 6200. The van der Waals surface area contributed by atoms with Gasteiger partial charge in [-0.05, 0) is 230 Å². The molecule has 2 heteroatoms. The topological polar surface area (TPSA) is 0 Å². The van der Waals surface area contributed by atoms with Crippen molar-refractivity contribution in [2.45, 2.75) is 0 Å². The third-order valence-corrected chi connectivity index (χ3v) is 23.0. The molecule has 0 amide bonds. The highest BCUT2D eigenvalue weighted by atomic mass is 79.9. The van der Waals surface area contributed by atoms with Gasteiger partial charge < -0.3 is 0 Å². The van der Waals surface area contributed by atoms with E-state index in [0.717, 1.165) is 209 Å². The van der Waals surface area contributed by atoms with E-state index < -0.39 is 0 Å². The summed E-state index contributed by atoms with van der Waals surface area (Å²) < 4.78 is 2.01. The molecule has 0 fully saturated rings. The van der Waals surface area contributed by atoms with E-state index in [0.29, 0.717) is 0 Å². The molecule has 0 saturated carbocycles. The number of rotatable bonds is 16. The maximum Gasteiger partial charge on any atom is 0.0175 e. The largest absolute Gasteiger partial charge is 0.0622 e. The Morgan fingerprint density at radius 1 is 0.0982 bits per heavy atom. The molecule has 0 nitrogen and oxygen atoms in total. The van der Waals surface area contributed by atoms with E-state index in [4.69, 9.17) is 0 Å². The van der Waals surface area contributed by atoms with Gasteiger partial charge in [-0.25, -0.2) is 0 Å². The average Bonchev–Trinajstić information content (AvgIpc) is 0.691. The van der Waals surface area contributed by atoms with Gasteiger partial charge in [0.2, 0.25) is 0 Å². The molecule has 0 aromatic heterocycles. The molecule has 0 atom stereocenters. The van der Waals surface area contributed by atoms with Gasteiger partial charge in [-0.2, -0.15) is 0 Å². The standard InChI is InChI=1S/C110H72Br2/c111-89-68-64-85(65-69-89)103-95(77-46-21-5-22-47-77)97(79-50-25-7-26-51-79)105(109-101(83-58-33-11-34-59-83)93(75-42-17-3-18-43-75)91(73-38-13-1-14-39-73)99(107(103)109)81-54-29-9-30-55-81)87-62-37-63-88(72-87)106-98(80-52-27-8-28-53-80)96(78-48-23-6-24-49-78)104(86-66-70-90(112)71-67-86)108-100(82-56-31-10-32-57-82)92(74-40-15-2-16-41-74)94(76-44-19-4-20-45-76)102(110(106)108)84-60-35-12-36-61-84/h1-72H. The summed E-state index contributed by atoms with van der Waals surface area (Å²) in [6, 6.07) is 163. The summed E-state index contributed by atoms with van der Waals surface area (Å²) in [6.45, 7) is 0. The maximum atomic E-state index is 3.95. The van der Waals surface area contributed by atoms with Gasteiger partial charge in [0, 0.05) is 8.95 Å². The third kappa shape index (κ3) is 12.6. The first-order chi connectivity index (χ1) is 55.5. The number of hydrogen-bond donors (Lipinski definition) is 0. The first-order valence-corrected chi connectivity index (χ1v) is 39.9. The molecule has 0 saturated heterocycles. The summed E-state index contributed by atoms with van der Waals surface area (Å²) >= 11 is 7.91. The van der Waals surface area contributed by atoms with Crippen molar-refractivity contribution in [1.82, 2.24) is 0 Å². The molecule has 0 bridgehead atoms. The zero-order valence-corrected chi connectivity index (χ0v) is 64.5. The fraction of sp³-hybridized carbons (Fsp3) is 0. The van der Waals surface area contributed by atoms with Crippen LogP contribution in [-0.2, 0) is 0 Å². The van der Waals surface area contributed by atoms with Crippen LogP contribution in [0.2, 0.25) is 0 Å². The van der Waals surface area contributed by atoms with Crippen LogP contribution in [0.3, 0.4) is 0 Å². The van der Waals surface area contributed by atoms with Crippen molar-refractivity contribution >= 4 is 53.4 Å². The van der Waals surface area contributed by atoms with Gasteiger partial charge in [0.1, 0.15) is 0 Å². The first-order valence-electron chi connectivity index (χ1n) is 38.3. The summed E-state index contributed by atoms with van der Waals surface area (Å²) in [4.78, 5) is 0. The Labute approximate surface area is 671 Å². The van der Waals surface area contributed by atoms with Crippen molar-refractivity contribution in [2.75, 3.05) is 0 Å². The molecule has 19 aromatic rings. The van der Waals surface area contributed by atoms with Crippen molar-refractivity contribution in [2.24, 2.45) is 0 Å². The summed E-state index contributed by atoms with van der Waals surface area (Å²) in [6.07, 6.45) is 0. The van der Waals surface area contributed by atoms with Crippen molar-refractivity contribution in [1.29, 1.82) is 0 Å². The zero-order valence-electron chi connectivity index (χ0n) is 61.3. The second kappa shape index (κ2) is 30.6. The van der Waals surface area contributed by atoms with Gasteiger partial charge in [0.15, 0.2) is 0 Å². The van der Waals surface area contributed by atoms with Gasteiger partial charge in [-0.3, -0.25) is 0 Å². The molecule has 0 heterocycles. The molecular weight excluding hydrogens is 1480 g/mol. The predicted octanol–water partition coefficient (Wildman–Crippen LogP) is 32.2. The smallest absolute Gasteiger partial charge is 0.0175 e. The third-order valence-electron chi connectivity index (χ3n) is 22.0. The fourth-order valence-electron chi connectivity index (χ4n) is 17.4. The molecule has 19 aromatic carbocycles. The van der Waals surface area contributed by atoms with Crippen LogP contribution < -0.4 is 0 Å². The lowest BCUT2D eigenvalue weighted by atomic mass is 9.70. The minimum Gasteiger partial charge on any atom is -0.0622 e. The summed E-state index contributed by atoms with van der Waals surface area (Å²) in [7, 11) is 0. The summed E-state index contributed by atoms with van der Waals surface area (Å²) in [5, 5.41) is 4.56. The van der Waals surface area contributed by atoms with Crippen molar-refractivity contribution in [3.63, 3.8) is 0 Å². The molecule has 0 aliphatic rings. The SMILES string of the molecule is Brc1ccc(-c2c(-c3ccccc3)c(-c3ccccc3)c(-c3cccc(-c4c(-c5ccccc5)c(-c5ccccc5)c(-c5ccc(Br)cc5)c5c(-c6ccccc6)c(-c6ccccc6)c(-c6ccccc6)c(-c6ccccc6)c45)c3)c3c(-c4ccccc4)c(-c4ccccc4)c(-c4ccccc4)c(-c4ccccc4)c23)cc1. The Kier molecular flexibility index (Phi) is 18.9. The van der Waals surface area contributed by atoms with Gasteiger partial charge in [0.05, 0.1) is 0 Å². The number of halogens is 2. The fourth-order valence-corrected chi connectivity index (χ4v) is 18.0. The molecule has 526 valence electrons. The van der Waals surface area contributed by atoms with E-state index in [9.17, 15) is 0 Å². The first kappa shape index (κ1) is 69.1. The maximum absolute atomic E-state index is 3.95. The molecule has 0 N–H and O–H groups in total. The van der Waals surface area contributed by atoms with E-state index >= 15 is 0 Å². The van der Waals surface area contributed by atoms with Gasteiger partial charge >= 0.3 is 0 Å². The van der Waals surface area contributed by atoms with Crippen LogP contribution >= 0.6 is 31.9 Å². The Morgan fingerprint density at radius 2 is 0.214 bits per heavy atom. The second-order valence-electron chi connectivity index (χ2n) is 28.5. The molecule has 0 aliphatic carbocycles. The van der Waals surface area contributed by atoms with Crippen molar-refractivity contribution in [3.8, 4) is 178 Å². The van der Waals surface area contributed by atoms with Gasteiger partial charge in [-0.15, -0.1) is 0 Å². The number of hydrogen-bond acceptors (Lipinski definition) is 0. The molecular formula is C110H72Br2. The van der Waals surface area contributed by atoms with Gasteiger partial charge in [-0.1, -0.05) is 438 Å². The summed E-state index contributed by atoms with van der Waals surface area (Å²) in [5.74, 6) is 0. The minimum atomic E-state index is 1.00. The Hall–Kier alpha value is -13.3. The zero-order chi connectivity index (χ0) is 74.9. The molecule has 0 unspecified atom stereocenters. The monoisotopic (exact) mass is 1550 g/mol. The Balaban J connectivity index is 1.13. The van der Waals surface area contributed by atoms with Crippen LogP contribution in [-0.4, -0.2) is 0 Å². The van der Waals surface area contributed by atoms with Crippen LogP contribution in [0.1, 0.15) is 0 Å². The molecule has 112 heavy (non-hydrogen) atoms. The molecule has 0 aliphatic heterocycles. The normalized spacial score (nSPS) is 11.3. The van der Waals surface area contributed by atoms with Crippen molar-refractivity contribution < 1.29 is 0 Å². The molecule has 0 radical (unpaired) electrons. The quantitative estimate of drug-likeness (QED) is 0.0904. The van der Waals surface area contributed by atoms with E-state index in [1.807, 2.05) is 0 Å². The van der Waals surface area contributed by atoms with Crippen LogP contribution in [0.25, 0.3) is 200 Å². The Morgan fingerprint density at radius 3 is 0.366 bits per heavy atom. The highest BCUT2D eigenvalue weighted by molar-refractivity contribution is 9.10. The van der Waals surface area contributed by atoms with E-state index in [1.54, 1.807) is 0 Å². The number of fused-ring (bicyclic) bond motifs is 2. The highest BCUT2D eigenvalue weighted by Crippen LogP contribution is 2.64. The van der Waals surface area contributed by atoms with Crippen LogP contribution in [0.5, 0.6) is 0 Å². The lowest BCUT2D eigenvalue weighted by Crippen LogP contribution is -2.05. The molecule has 19 rings (SSSR count). The van der Waals surface area contributed by atoms with Crippen LogP contribution in [0, 0.1) is 0 Å². The van der Waals surface area contributed by atoms with Crippen LogP contribution in [0.4, 0.5) is 0 Å². The lowest BCUT2D eigenvalue weighted by Gasteiger charge is -2.32. The van der Waals surface area contributed by atoms with Gasteiger partial charge in [0.25, 0.3) is 0 Å².